The lowest BCUT2D eigenvalue weighted by molar-refractivity contribution is 0.0692. The number of nitrogens with zero attached hydrogens (tertiary/aromatic N) is 1. The van der Waals surface area contributed by atoms with Crippen molar-refractivity contribution in [2.24, 2.45) is 0 Å². The van der Waals surface area contributed by atoms with E-state index < -0.39 is 0 Å². The third kappa shape index (κ3) is 2.79. The molecule has 2 N–H and O–H groups in total. The Balaban J connectivity index is 2.16. The Morgan fingerprint density at radius 1 is 1.50 bits per heavy atom. The second-order valence-electron chi connectivity index (χ2n) is 4.59. The van der Waals surface area contributed by atoms with Crippen molar-refractivity contribution in [3.63, 3.8) is 0 Å². The highest BCUT2D eigenvalue weighted by Crippen LogP contribution is 2.13. The summed E-state index contributed by atoms with van der Waals surface area (Å²) in [6, 6.07) is 3.25. The van der Waals surface area contributed by atoms with E-state index >= 15 is 0 Å². The quantitative estimate of drug-likeness (QED) is 0.820. The zero-order chi connectivity index (χ0) is 13.0. The summed E-state index contributed by atoms with van der Waals surface area (Å²) >= 11 is 0. The molecule has 0 bridgehead atoms. The Morgan fingerprint density at radius 3 is 2.89 bits per heavy atom. The van der Waals surface area contributed by atoms with Crippen LogP contribution in [0.4, 0.5) is 0 Å². The second kappa shape index (κ2) is 5.82. The smallest absolute Gasteiger partial charge is 0.255 e. The molecule has 1 fully saturated rings. The van der Waals surface area contributed by atoms with Crippen LogP contribution in [0, 0.1) is 0 Å². The number of carbonyl (C=O) groups excluding carboxylic acids is 1. The van der Waals surface area contributed by atoms with Crippen molar-refractivity contribution in [2.75, 3.05) is 19.6 Å². The van der Waals surface area contributed by atoms with Gasteiger partial charge < -0.3 is 15.2 Å². The van der Waals surface area contributed by atoms with E-state index in [0.29, 0.717) is 5.56 Å². The summed E-state index contributed by atoms with van der Waals surface area (Å²) in [5, 5.41) is 3.27. The SMILES string of the molecule is CCCN(C(=O)c1ccc(=O)[nH]c1)C1CCNC1. The number of H-pyrrole nitrogens is 1. The van der Waals surface area contributed by atoms with Crippen LogP contribution in [0.25, 0.3) is 0 Å². The highest BCUT2D eigenvalue weighted by molar-refractivity contribution is 5.94. The molecule has 1 saturated heterocycles. The van der Waals surface area contributed by atoms with Gasteiger partial charge >= 0.3 is 0 Å². The highest BCUT2D eigenvalue weighted by Gasteiger charge is 2.26. The van der Waals surface area contributed by atoms with Crippen molar-refractivity contribution < 1.29 is 4.79 Å². The Hall–Kier alpha value is -1.62. The molecule has 1 aromatic rings. The van der Waals surface area contributed by atoms with E-state index in [9.17, 15) is 9.59 Å². The average molecular weight is 249 g/mol. The maximum atomic E-state index is 12.4. The largest absolute Gasteiger partial charge is 0.334 e. The van der Waals surface area contributed by atoms with Crippen LogP contribution in [0.2, 0.25) is 0 Å². The summed E-state index contributed by atoms with van der Waals surface area (Å²) in [5.41, 5.74) is 0.367. The number of aromatic nitrogens is 1. The summed E-state index contributed by atoms with van der Waals surface area (Å²) in [6.07, 6.45) is 3.43. The number of rotatable bonds is 4. The van der Waals surface area contributed by atoms with E-state index in [1.165, 1.54) is 12.3 Å². The van der Waals surface area contributed by atoms with Gasteiger partial charge in [0.1, 0.15) is 0 Å². The first-order valence-electron chi connectivity index (χ1n) is 6.43. The Morgan fingerprint density at radius 2 is 2.33 bits per heavy atom. The normalized spacial score (nSPS) is 18.8. The van der Waals surface area contributed by atoms with Crippen molar-refractivity contribution in [1.82, 2.24) is 15.2 Å². The molecule has 98 valence electrons. The fourth-order valence-corrected chi connectivity index (χ4v) is 2.31. The number of amides is 1. The van der Waals surface area contributed by atoms with Crippen molar-refractivity contribution in [3.8, 4) is 0 Å². The lowest BCUT2D eigenvalue weighted by Gasteiger charge is -2.28. The zero-order valence-electron chi connectivity index (χ0n) is 10.6. The van der Waals surface area contributed by atoms with Crippen LogP contribution in [0.15, 0.2) is 23.1 Å². The molecule has 2 rings (SSSR count). The van der Waals surface area contributed by atoms with Gasteiger partial charge in [-0.3, -0.25) is 9.59 Å². The van der Waals surface area contributed by atoms with Gasteiger partial charge in [-0.05, 0) is 25.5 Å². The number of aromatic amines is 1. The molecule has 5 heteroatoms. The van der Waals surface area contributed by atoms with Crippen LogP contribution in [0.3, 0.4) is 0 Å². The molecule has 0 radical (unpaired) electrons. The summed E-state index contributed by atoms with van der Waals surface area (Å²) in [6.45, 7) is 4.64. The van der Waals surface area contributed by atoms with Gasteiger partial charge in [-0.15, -0.1) is 0 Å². The van der Waals surface area contributed by atoms with Crippen molar-refractivity contribution in [2.45, 2.75) is 25.8 Å². The number of hydrogen-bond donors (Lipinski definition) is 2. The molecular weight excluding hydrogens is 230 g/mol. The summed E-state index contributed by atoms with van der Waals surface area (Å²) in [7, 11) is 0. The number of carbonyl (C=O) groups is 1. The molecule has 1 aromatic heterocycles. The van der Waals surface area contributed by atoms with Crippen molar-refractivity contribution in [3.05, 3.63) is 34.2 Å². The van der Waals surface area contributed by atoms with Gasteiger partial charge in [0.25, 0.3) is 5.91 Å². The Bertz CT molecular complexity index is 443. The Labute approximate surface area is 106 Å². The first-order valence-corrected chi connectivity index (χ1v) is 6.43. The van der Waals surface area contributed by atoms with E-state index in [1.807, 2.05) is 4.90 Å². The monoisotopic (exact) mass is 249 g/mol. The number of pyridine rings is 1. The molecule has 0 spiro atoms. The van der Waals surface area contributed by atoms with Gasteiger partial charge in [0.2, 0.25) is 5.56 Å². The molecule has 18 heavy (non-hydrogen) atoms. The van der Waals surface area contributed by atoms with Crippen LogP contribution in [-0.2, 0) is 0 Å². The fourth-order valence-electron chi connectivity index (χ4n) is 2.31. The minimum Gasteiger partial charge on any atom is -0.334 e. The Kier molecular flexibility index (Phi) is 4.15. The standard InChI is InChI=1S/C13H19N3O2/c1-2-7-16(11-5-6-14-9-11)13(18)10-3-4-12(17)15-8-10/h3-4,8,11,14H,2,5-7,9H2,1H3,(H,15,17). The van der Waals surface area contributed by atoms with Crippen molar-refractivity contribution in [1.29, 1.82) is 0 Å². The summed E-state index contributed by atoms with van der Waals surface area (Å²) < 4.78 is 0. The highest BCUT2D eigenvalue weighted by atomic mass is 16.2. The molecule has 0 saturated carbocycles. The predicted octanol–water partition coefficient (Wildman–Crippen LogP) is 0.589. The van der Waals surface area contributed by atoms with E-state index in [0.717, 1.165) is 32.5 Å². The minimum absolute atomic E-state index is 0.00167. The predicted molar refractivity (Wildman–Crippen MR) is 69.7 cm³/mol. The first kappa shape index (κ1) is 12.8. The molecule has 1 aliphatic heterocycles. The van der Waals surface area contributed by atoms with Gasteiger partial charge in [0, 0.05) is 31.4 Å². The molecule has 1 unspecified atom stereocenters. The molecule has 0 aliphatic carbocycles. The van der Waals surface area contributed by atoms with Gasteiger partial charge in [-0.1, -0.05) is 6.92 Å². The minimum atomic E-state index is -0.184. The maximum absolute atomic E-state index is 12.4. The van der Waals surface area contributed by atoms with Crippen molar-refractivity contribution >= 4 is 5.91 Å². The lowest BCUT2D eigenvalue weighted by atomic mass is 10.1. The van der Waals surface area contributed by atoms with Gasteiger partial charge in [-0.2, -0.15) is 0 Å². The molecular formula is C13H19N3O2. The van der Waals surface area contributed by atoms with Crippen LogP contribution >= 0.6 is 0 Å². The van der Waals surface area contributed by atoms with E-state index in [1.54, 1.807) is 6.07 Å². The van der Waals surface area contributed by atoms with Crippen LogP contribution < -0.4 is 10.9 Å². The molecule has 1 amide bonds. The lowest BCUT2D eigenvalue weighted by Crippen LogP contribution is -2.42. The summed E-state index contributed by atoms with van der Waals surface area (Å²) in [5.74, 6) is 0.00167. The molecule has 1 aliphatic rings. The van der Waals surface area contributed by atoms with E-state index in [4.69, 9.17) is 0 Å². The van der Waals surface area contributed by atoms with Gasteiger partial charge in [-0.25, -0.2) is 0 Å². The number of nitrogens with one attached hydrogen (secondary N) is 2. The molecule has 1 atom stereocenters. The average Bonchev–Trinajstić information content (AvgIpc) is 2.90. The molecule has 2 heterocycles. The third-order valence-corrected chi connectivity index (χ3v) is 3.23. The van der Waals surface area contributed by atoms with E-state index in [2.05, 4.69) is 17.2 Å². The number of hydrogen-bond acceptors (Lipinski definition) is 3. The van der Waals surface area contributed by atoms with Crippen LogP contribution in [0.1, 0.15) is 30.1 Å². The maximum Gasteiger partial charge on any atom is 0.255 e. The molecule has 5 nitrogen and oxygen atoms in total. The summed E-state index contributed by atoms with van der Waals surface area (Å²) in [4.78, 5) is 27.9. The fraction of sp³-hybridized carbons (Fsp3) is 0.538. The van der Waals surface area contributed by atoms with Crippen LogP contribution in [0.5, 0.6) is 0 Å². The second-order valence-corrected chi connectivity index (χ2v) is 4.59. The zero-order valence-corrected chi connectivity index (χ0v) is 10.6. The van der Waals surface area contributed by atoms with Gasteiger partial charge in [0.05, 0.1) is 5.56 Å². The first-order chi connectivity index (χ1) is 8.72. The van der Waals surface area contributed by atoms with Crippen LogP contribution in [-0.4, -0.2) is 41.5 Å². The van der Waals surface area contributed by atoms with E-state index in [-0.39, 0.29) is 17.5 Å². The molecule has 0 aromatic carbocycles. The topological polar surface area (TPSA) is 65.2 Å². The third-order valence-electron chi connectivity index (χ3n) is 3.23. The van der Waals surface area contributed by atoms with Gasteiger partial charge in [0.15, 0.2) is 0 Å².